The Balaban J connectivity index is 2.41. The number of phenols is 1. The molecule has 86 valence electrons. The Morgan fingerprint density at radius 2 is 2.06 bits per heavy atom. The van der Waals surface area contributed by atoms with E-state index in [1.807, 2.05) is 13.8 Å². The van der Waals surface area contributed by atoms with Crippen LogP contribution in [-0.4, -0.2) is 22.1 Å². The Kier molecular flexibility index (Phi) is 2.69. The second-order valence-electron chi connectivity index (χ2n) is 3.74. The summed E-state index contributed by atoms with van der Waals surface area (Å²) in [5.41, 5.74) is 2.34. The minimum atomic E-state index is -1.59. The van der Waals surface area contributed by atoms with E-state index >= 15 is 0 Å². The number of carbonyl (C=O) groups is 1. The van der Waals surface area contributed by atoms with Crippen molar-refractivity contribution in [2.24, 2.45) is 0 Å². The highest BCUT2D eigenvalue weighted by atomic mass is 32.2. The van der Waals surface area contributed by atoms with E-state index in [-0.39, 0.29) is 18.2 Å². The molecule has 1 amide bonds. The lowest BCUT2D eigenvalue weighted by molar-refractivity contribution is -0.117. The Morgan fingerprint density at radius 3 is 2.62 bits per heavy atom. The first-order chi connectivity index (χ1) is 7.49. The minimum Gasteiger partial charge on any atom is -0.568 e. The van der Waals surface area contributed by atoms with Crippen LogP contribution >= 0.6 is 0 Å². The van der Waals surface area contributed by atoms with Gasteiger partial charge in [0.15, 0.2) is 18.1 Å². The zero-order valence-corrected chi connectivity index (χ0v) is 9.80. The molecule has 0 bridgehead atoms. The lowest BCUT2D eigenvalue weighted by atomic mass is 10.1. The first kappa shape index (κ1) is 11.1. The van der Waals surface area contributed by atoms with Crippen LogP contribution in [0.4, 0.5) is 5.69 Å². The van der Waals surface area contributed by atoms with Crippen LogP contribution < -0.4 is 9.03 Å². The van der Waals surface area contributed by atoms with Crippen LogP contribution in [0, 0.1) is 13.8 Å². The normalized spacial score (nSPS) is 20.1. The molecule has 1 fully saturated rings. The van der Waals surface area contributed by atoms with E-state index < -0.39 is 11.5 Å². The maximum absolute atomic E-state index is 11.5. The molecular formula is C10H12N2O3S. The van der Waals surface area contributed by atoms with Gasteiger partial charge in [0.05, 0.1) is 0 Å². The highest BCUT2D eigenvalue weighted by Gasteiger charge is 2.35. The maximum Gasteiger partial charge on any atom is 0.287 e. The van der Waals surface area contributed by atoms with Crippen LogP contribution in [0.15, 0.2) is 12.1 Å². The van der Waals surface area contributed by atoms with Crippen molar-refractivity contribution in [2.75, 3.05) is 10.8 Å². The van der Waals surface area contributed by atoms with Crippen molar-refractivity contribution in [3.63, 3.8) is 0 Å². The molecule has 1 aliphatic rings. The fourth-order valence-corrected chi connectivity index (χ4v) is 2.46. The molecular weight excluding hydrogens is 228 g/mol. The summed E-state index contributed by atoms with van der Waals surface area (Å²) in [6.07, 6.45) is 0. The molecule has 1 saturated heterocycles. The molecule has 6 heteroatoms. The molecule has 0 saturated carbocycles. The molecule has 16 heavy (non-hydrogen) atoms. The number of anilines is 1. The zero-order chi connectivity index (χ0) is 11.9. The Bertz CT molecular complexity index is 450. The van der Waals surface area contributed by atoms with Gasteiger partial charge in [-0.05, 0) is 37.1 Å². The minimum absolute atomic E-state index is 0.00265. The van der Waals surface area contributed by atoms with Gasteiger partial charge in [0.2, 0.25) is 0 Å². The van der Waals surface area contributed by atoms with Crippen LogP contribution in [0.1, 0.15) is 11.1 Å². The molecule has 0 spiro atoms. The van der Waals surface area contributed by atoms with Crippen molar-refractivity contribution >= 4 is 23.1 Å². The second kappa shape index (κ2) is 3.88. The van der Waals surface area contributed by atoms with Gasteiger partial charge < -0.3 is 9.66 Å². The van der Waals surface area contributed by atoms with Gasteiger partial charge in [-0.3, -0.25) is 4.79 Å². The van der Waals surface area contributed by atoms with Gasteiger partial charge >= 0.3 is 0 Å². The van der Waals surface area contributed by atoms with Crippen molar-refractivity contribution in [3.8, 4) is 5.75 Å². The van der Waals surface area contributed by atoms with E-state index in [1.165, 1.54) is 4.31 Å². The number of aryl methyl sites for hydroxylation is 2. The average Bonchev–Trinajstić information content (AvgIpc) is 2.51. The molecule has 2 rings (SSSR count). The highest BCUT2D eigenvalue weighted by Crippen LogP contribution is 2.32. The number of carbonyl (C=O) groups excluding carboxylic acids is 1. The molecule has 0 radical (unpaired) electrons. The van der Waals surface area contributed by atoms with Crippen LogP contribution in [-0.2, 0) is 16.3 Å². The third kappa shape index (κ3) is 1.81. The molecule has 1 heterocycles. The lowest BCUT2D eigenvalue weighted by Gasteiger charge is -2.17. The van der Waals surface area contributed by atoms with Crippen molar-refractivity contribution in [2.45, 2.75) is 13.8 Å². The second-order valence-corrected chi connectivity index (χ2v) is 4.88. The number of hydrogen-bond acceptors (Lipinski definition) is 4. The summed E-state index contributed by atoms with van der Waals surface area (Å²) < 4.78 is 15.1. The molecule has 1 aromatic carbocycles. The van der Waals surface area contributed by atoms with E-state index in [4.69, 9.17) is 0 Å². The summed E-state index contributed by atoms with van der Waals surface area (Å²) in [6.45, 7) is 3.78. The third-order valence-electron chi connectivity index (χ3n) is 2.55. The Morgan fingerprint density at radius 1 is 1.44 bits per heavy atom. The van der Waals surface area contributed by atoms with Gasteiger partial charge in [-0.25, -0.2) is 0 Å². The van der Waals surface area contributed by atoms with Gasteiger partial charge in [0.25, 0.3) is 5.91 Å². The largest absolute Gasteiger partial charge is 0.568 e. The van der Waals surface area contributed by atoms with Gasteiger partial charge in [-0.15, -0.1) is 4.72 Å². The van der Waals surface area contributed by atoms with Crippen LogP contribution in [0.5, 0.6) is 5.75 Å². The molecule has 2 N–H and O–H groups in total. The molecule has 5 nitrogen and oxygen atoms in total. The topological polar surface area (TPSA) is 75.6 Å². The monoisotopic (exact) mass is 240 g/mol. The SMILES string of the molecule is Cc1cc(O)c(N2CC(=O)N[S+]2[O-])cc1C. The van der Waals surface area contributed by atoms with Gasteiger partial charge in [-0.2, -0.15) is 4.31 Å². The number of phenolic OH excluding ortho intramolecular Hbond substituents is 1. The molecule has 0 aliphatic carbocycles. The van der Waals surface area contributed by atoms with E-state index in [2.05, 4.69) is 4.72 Å². The van der Waals surface area contributed by atoms with Crippen molar-refractivity contribution in [1.82, 2.24) is 4.72 Å². The van der Waals surface area contributed by atoms with E-state index in [9.17, 15) is 14.5 Å². The quantitative estimate of drug-likeness (QED) is 0.702. The van der Waals surface area contributed by atoms with Crippen molar-refractivity contribution in [3.05, 3.63) is 23.3 Å². The summed E-state index contributed by atoms with van der Waals surface area (Å²) in [5, 5.41) is 9.77. The molecule has 1 unspecified atom stereocenters. The summed E-state index contributed by atoms with van der Waals surface area (Å²) >= 11 is -1.59. The number of nitrogens with one attached hydrogen (secondary N) is 1. The summed E-state index contributed by atoms with van der Waals surface area (Å²) in [5.74, 6) is -0.274. The molecule has 1 aromatic rings. The lowest BCUT2D eigenvalue weighted by Crippen LogP contribution is -2.29. The predicted octanol–water partition coefficient (Wildman–Crippen LogP) is 0.524. The van der Waals surface area contributed by atoms with Crippen molar-refractivity contribution in [1.29, 1.82) is 0 Å². The summed E-state index contributed by atoms with van der Waals surface area (Å²) in [4.78, 5) is 11.1. The van der Waals surface area contributed by atoms with E-state index in [1.54, 1.807) is 12.1 Å². The average molecular weight is 240 g/mol. The van der Waals surface area contributed by atoms with Crippen LogP contribution in [0.2, 0.25) is 0 Å². The predicted molar refractivity (Wildman–Crippen MR) is 61.2 cm³/mol. The van der Waals surface area contributed by atoms with Gasteiger partial charge in [0, 0.05) is 0 Å². The fraction of sp³-hybridized carbons (Fsp3) is 0.300. The fourth-order valence-electron chi connectivity index (χ4n) is 1.53. The first-order valence-corrected chi connectivity index (χ1v) is 5.89. The third-order valence-corrected chi connectivity index (χ3v) is 3.68. The number of benzene rings is 1. The smallest absolute Gasteiger partial charge is 0.287 e. The first-order valence-electron chi connectivity index (χ1n) is 4.78. The highest BCUT2D eigenvalue weighted by molar-refractivity contribution is 7.92. The van der Waals surface area contributed by atoms with Crippen LogP contribution in [0.25, 0.3) is 0 Å². The number of amides is 1. The van der Waals surface area contributed by atoms with E-state index in [0.717, 1.165) is 11.1 Å². The van der Waals surface area contributed by atoms with E-state index in [0.29, 0.717) is 5.69 Å². The van der Waals surface area contributed by atoms with Crippen LogP contribution in [0.3, 0.4) is 0 Å². The number of rotatable bonds is 1. The maximum atomic E-state index is 11.5. The number of hydrogen-bond donors (Lipinski definition) is 2. The Hall–Kier alpha value is -1.40. The van der Waals surface area contributed by atoms with Crippen molar-refractivity contribution < 1.29 is 14.5 Å². The Labute approximate surface area is 96.5 Å². The molecule has 1 aliphatic heterocycles. The summed E-state index contributed by atoms with van der Waals surface area (Å²) in [7, 11) is 0. The van der Waals surface area contributed by atoms with Gasteiger partial charge in [-0.1, -0.05) is 0 Å². The molecule has 1 atom stereocenters. The zero-order valence-electron chi connectivity index (χ0n) is 8.98. The summed E-state index contributed by atoms with van der Waals surface area (Å²) in [6, 6.07) is 3.33. The standard InChI is InChI=1S/C10H12N2O3S/c1-6-3-8(9(13)4-7(6)2)12-5-10(14)11-16(12)15/h3-4,13H,5H2,1-2H3,(H,11,14). The number of nitrogens with zero attached hydrogens (tertiary/aromatic N) is 1. The van der Waals surface area contributed by atoms with Gasteiger partial charge in [0.1, 0.15) is 11.4 Å². The molecule has 0 aromatic heterocycles. The number of aromatic hydroxyl groups is 1.